The molecule has 0 atom stereocenters. The number of nitrogens with one attached hydrogen (secondary N) is 1. The molecule has 0 aliphatic carbocycles. The quantitative estimate of drug-likeness (QED) is 0.578. The first-order chi connectivity index (χ1) is 12.9. The highest BCUT2D eigenvalue weighted by Crippen LogP contribution is 2.25. The smallest absolute Gasteiger partial charge is 0.335 e. The molecule has 6 nitrogen and oxygen atoms in total. The number of hydrogen-bond donors (Lipinski definition) is 2. The van der Waals surface area contributed by atoms with Crippen LogP contribution in [0.3, 0.4) is 0 Å². The van der Waals surface area contributed by atoms with E-state index in [2.05, 4.69) is 15.3 Å². The van der Waals surface area contributed by atoms with Crippen molar-refractivity contribution >= 4 is 16.9 Å². The molecular formula is C20H17FN4O2. The number of benzene rings is 2. The maximum absolute atomic E-state index is 14.1. The first-order valence-corrected chi connectivity index (χ1v) is 8.41. The highest BCUT2D eigenvalue weighted by Gasteiger charge is 2.13. The number of carboxylic acids is 1. The number of H-pyrrole nitrogens is 1. The number of aromatic nitrogens is 4. The van der Waals surface area contributed by atoms with Crippen LogP contribution in [0, 0.1) is 12.7 Å². The molecule has 4 rings (SSSR count). The van der Waals surface area contributed by atoms with E-state index in [9.17, 15) is 14.3 Å². The van der Waals surface area contributed by atoms with Crippen molar-refractivity contribution in [2.75, 3.05) is 0 Å². The van der Waals surface area contributed by atoms with Crippen LogP contribution in [-0.2, 0) is 13.5 Å². The minimum atomic E-state index is -0.944. The summed E-state index contributed by atoms with van der Waals surface area (Å²) in [6.07, 6.45) is 1.95. The Bertz CT molecular complexity index is 1180. The van der Waals surface area contributed by atoms with Crippen LogP contribution in [0.1, 0.15) is 27.2 Å². The highest BCUT2D eigenvalue weighted by molar-refractivity contribution is 5.90. The van der Waals surface area contributed by atoms with Gasteiger partial charge < -0.3 is 5.11 Å². The Labute approximate surface area is 154 Å². The standard InChI is InChI=1S/C20H17FN4O2/c1-11-5-13(3-4-15(11)20(26)27)19-9-14(24-25(19)2)6-12-7-17(21)16-10-22-23-18(16)8-12/h3-5,7-10H,6H2,1-2H3,(H,22,23)(H,26,27). The third kappa shape index (κ3) is 3.08. The van der Waals surface area contributed by atoms with Gasteiger partial charge >= 0.3 is 5.97 Å². The molecule has 0 saturated heterocycles. The number of aromatic carboxylic acids is 1. The molecule has 0 radical (unpaired) electrons. The molecule has 4 aromatic rings. The Kier molecular flexibility index (Phi) is 3.99. The molecule has 0 fully saturated rings. The average molecular weight is 364 g/mol. The van der Waals surface area contributed by atoms with Gasteiger partial charge in [0.15, 0.2) is 0 Å². The first-order valence-electron chi connectivity index (χ1n) is 8.41. The lowest BCUT2D eigenvalue weighted by atomic mass is 10.0. The number of nitrogens with zero attached hydrogens (tertiary/aromatic N) is 3. The van der Waals surface area contributed by atoms with Crippen LogP contribution >= 0.6 is 0 Å². The van der Waals surface area contributed by atoms with Gasteiger partial charge in [0.1, 0.15) is 5.82 Å². The molecule has 0 saturated carbocycles. The molecule has 2 aromatic carbocycles. The minimum absolute atomic E-state index is 0.282. The summed E-state index contributed by atoms with van der Waals surface area (Å²) >= 11 is 0. The molecule has 7 heteroatoms. The Hall–Kier alpha value is -3.48. The number of hydrogen-bond acceptors (Lipinski definition) is 3. The highest BCUT2D eigenvalue weighted by atomic mass is 19.1. The van der Waals surface area contributed by atoms with E-state index >= 15 is 0 Å². The Balaban J connectivity index is 1.66. The molecule has 0 spiro atoms. The van der Waals surface area contributed by atoms with Crippen molar-refractivity contribution in [1.29, 1.82) is 0 Å². The van der Waals surface area contributed by atoms with E-state index in [1.165, 1.54) is 12.3 Å². The molecule has 2 heterocycles. The van der Waals surface area contributed by atoms with Crippen LogP contribution in [0.5, 0.6) is 0 Å². The summed E-state index contributed by atoms with van der Waals surface area (Å²) in [5, 5.41) is 20.8. The zero-order valence-corrected chi connectivity index (χ0v) is 14.8. The lowest BCUT2D eigenvalue weighted by molar-refractivity contribution is 0.0696. The van der Waals surface area contributed by atoms with Gasteiger partial charge in [0.05, 0.1) is 34.1 Å². The van der Waals surface area contributed by atoms with Gasteiger partial charge in [-0.2, -0.15) is 10.2 Å². The molecule has 0 bridgehead atoms. The predicted molar refractivity (Wildman–Crippen MR) is 99.2 cm³/mol. The molecule has 0 aliphatic heterocycles. The van der Waals surface area contributed by atoms with Crippen LogP contribution in [0.4, 0.5) is 4.39 Å². The monoisotopic (exact) mass is 364 g/mol. The van der Waals surface area contributed by atoms with Crippen molar-refractivity contribution in [1.82, 2.24) is 20.0 Å². The van der Waals surface area contributed by atoms with Crippen LogP contribution in [0.15, 0.2) is 42.6 Å². The lowest BCUT2D eigenvalue weighted by Crippen LogP contribution is -2.00. The molecule has 0 unspecified atom stereocenters. The fourth-order valence-electron chi connectivity index (χ4n) is 3.32. The summed E-state index contributed by atoms with van der Waals surface area (Å²) in [5.41, 5.74) is 4.97. The van der Waals surface area contributed by atoms with Crippen molar-refractivity contribution in [3.8, 4) is 11.3 Å². The van der Waals surface area contributed by atoms with Crippen molar-refractivity contribution in [3.63, 3.8) is 0 Å². The second kappa shape index (κ2) is 6.35. The van der Waals surface area contributed by atoms with Gasteiger partial charge in [-0.15, -0.1) is 0 Å². The third-order valence-electron chi connectivity index (χ3n) is 4.64. The van der Waals surface area contributed by atoms with Gasteiger partial charge in [-0.3, -0.25) is 9.78 Å². The van der Waals surface area contributed by atoms with Crippen LogP contribution < -0.4 is 0 Å². The number of halogens is 1. The summed E-state index contributed by atoms with van der Waals surface area (Å²) < 4.78 is 15.9. The van der Waals surface area contributed by atoms with Crippen molar-refractivity contribution < 1.29 is 14.3 Å². The zero-order valence-electron chi connectivity index (χ0n) is 14.8. The van der Waals surface area contributed by atoms with Crippen LogP contribution in [-0.4, -0.2) is 31.1 Å². The summed E-state index contributed by atoms with van der Waals surface area (Å²) in [5.74, 6) is -1.26. The molecular weight excluding hydrogens is 347 g/mol. The van der Waals surface area contributed by atoms with E-state index in [-0.39, 0.29) is 11.4 Å². The lowest BCUT2D eigenvalue weighted by Gasteiger charge is -2.05. The third-order valence-corrected chi connectivity index (χ3v) is 4.64. The van der Waals surface area contributed by atoms with E-state index in [4.69, 9.17) is 0 Å². The summed E-state index contributed by atoms with van der Waals surface area (Å²) in [7, 11) is 1.83. The largest absolute Gasteiger partial charge is 0.478 e. The molecule has 27 heavy (non-hydrogen) atoms. The second-order valence-electron chi connectivity index (χ2n) is 6.57. The maximum atomic E-state index is 14.1. The van der Waals surface area contributed by atoms with Gasteiger partial charge in [0, 0.05) is 19.0 Å². The first kappa shape index (κ1) is 17.0. The van der Waals surface area contributed by atoms with Gasteiger partial charge in [-0.25, -0.2) is 9.18 Å². The SMILES string of the molecule is Cc1cc(-c2cc(Cc3cc(F)c4cn[nH]c4c3)nn2C)ccc1C(=O)O. The predicted octanol–water partition coefficient (Wildman–Crippen LogP) is 3.70. The number of carbonyl (C=O) groups is 1. The van der Waals surface area contributed by atoms with Gasteiger partial charge in [0.2, 0.25) is 0 Å². The van der Waals surface area contributed by atoms with Gasteiger partial charge in [-0.05, 0) is 48.4 Å². The number of aryl methyl sites for hydroxylation is 2. The van der Waals surface area contributed by atoms with E-state index in [0.717, 1.165) is 22.5 Å². The normalized spacial score (nSPS) is 11.2. The molecule has 2 N–H and O–H groups in total. The number of fused-ring (bicyclic) bond motifs is 1. The number of carboxylic acid groups (broad SMARTS) is 1. The minimum Gasteiger partial charge on any atom is -0.478 e. The number of rotatable bonds is 4. The second-order valence-corrected chi connectivity index (χ2v) is 6.57. The fourth-order valence-corrected chi connectivity index (χ4v) is 3.32. The number of aromatic amines is 1. The van der Waals surface area contributed by atoms with E-state index in [1.54, 1.807) is 23.7 Å². The average Bonchev–Trinajstić information content (AvgIpc) is 3.21. The summed E-state index contributed by atoms with van der Waals surface area (Å²) in [6, 6.07) is 10.5. The van der Waals surface area contributed by atoms with Crippen molar-refractivity contribution in [2.24, 2.45) is 7.05 Å². The van der Waals surface area contributed by atoms with Crippen molar-refractivity contribution in [2.45, 2.75) is 13.3 Å². The van der Waals surface area contributed by atoms with Crippen LogP contribution in [0.25, 0.3) is 22.2 Å². The molecule has 2 aromatic heterocycles. The molecule has 0 amide bonds. The molecule has 0 aliphatic rings. The Morgan fingerprint density at radius 1 is 1.26 bits per heavy atom. The molecule has 136 valence electrons. The van der Waals surface area contributed by atoms with Crippen LogP contribution in [0.2, 0.25) is 0 Å². The summed E-state index contributed by atoms with van der Waals surface area (Å²) in [4.78, 5) is 11.2. The van der Waals surface area contributed by atoms with Gasteiger partial charge in [0.25, 0.3) is 0 Å². The van der Waals surface area contributed by atoms with Crippen molar-refractivity contribution in [3.05, 3.63) is 70.8 Å². The summed E-state index contributed by atoms with van der Waals surface area (Å²) in [6.45, 7) is 1.77. The van der Waals surface area contributed by atoms with E-state index < -0.39 is 5.97 Å². The zero-order chi connectivity index (χ0) is 19.1. The Morgan fingerprint density at radius 3 is 2.81 bits per heavy atom. The van der Waals surface area contributed by atoms with E-state index in [0.29, 0.717) is 22.9 Å². The maximum Gasteiger partial charge on any atom is 0.335 e. The van der Waals surface area contributed by atoms with E-state index in [1.807, 2.05) is 25.2 Å². The Morgan fingerprint density at radius 2 is 2.07 bits per heavy atom. The van der Waals surface area contributed by atoms with Gasteiger partial charge in [-0.1, -0.05) is 6.07 Å². The fraction of sp³-hybridized carbons (Fsp3) is 0.150. The topological polar surface area (TPSA) is 83.8 Å².